The Kier molecular flexibility index (Phi) is 4.31. The number of carbonyl (C=O) groups is 1. The van der Waals surface area contributed by atoms with Crippen molar-refractivity contribution in [2.75, 3.05) is 0 Å². The van der Waals surface area contributed by atoms with Gasteiger partial charge in [-0.2, -0.15) is 0 Å². The van der Waals surface area contributed by atoms with Crippen LogP contribution in [0.3, 0.4) is 0 Å². The fourth-order valence-corrected chi connectivity index (χ4v) is 2.48. The number of benzene rings is 1. The van der Waals surface area contributed by atoms with E-state index >= 15 is 0 Å². The van der Waals surface area contributed by atoms with Gasteiger partial charge >= 0.3 is 0 Å². The molecule has 5 heteroatoms. The molecule has 0 aliphatic carbocycles. The van der Waals surface area contributed by atoms with Crippen LogP contribution in [0, 0.1) is 13.8 Å². The van der Waals surface area contributed by atoms with Crippen molar-refractivity contribution < 1.29 is 4.79 Å². The summed E-state index contributed by atoms with van der Waals surface area (Å²) in [4.78, 5) is 22.9. The molecule has 0 unspecified atom stereocenters. The first-order valence-electron chi connectivity index (χ1n) is 6.05. The van der Waals surface area contributed by atoms with Crippen molar-refractivity contribution in [1.82, 2.24) is 4.57 Å². The van der Waals surface area contributed by atoms with Crippen molar-refractivity contribution in [1.29, 1.82) is 0 Å². The number of carbonyl (C=O) groups excluding carboxylic acids is 1. The molecule has 1 heterocycles. The van der Waals surface area contributed by atoms with Gasteiger partial charge in [-0.1, -0.05) is 11.6 Å². The van der Waals surface area contributed by atoms with Crippen molar-refractivity contribution >= 4 is 28.4 Å². The van der Waals surface area contributed by atoms with Gasteiger partial charge < -0.3 is 4.57 Å². The number of halogens is 2. The molecule has 1 aromatic carbocycles. The Labute approximate surface area is 126 Å². The third-order valence-electron chi connectivity index (χ3n) is 3.07. The van der Waals surface area contributed by atoms with Gasteiger partial charge in [0.15, 0.2) is 5.43 Å². The zero-order valence-electron chi connectivity index (χ0n) is 11.1. The molecule has 0 radical (unpaired) electrons. The number of aromatic nitrogens is 1. The molecule has 0 fully saturated rings. The van der Waals surface area contributed by atoms with Gasteiger partial charge in [-0.15, -0.1) is 0 Å². The van der Waals surface area contributed by atoms with Crippen LogP contribution < -0.4 is 5.43 Å². The fraction of sp³-hybridized carbons (Fsp3) is 0.200. The molecular weight excluding hydrogens is 297 g/mol. The number of hydrogen-bond acceptors (Lipinski definition) is 2. The molecule has 0 atom stereocenters. The maximum absolute atomic E-state index is 11.9. The van der Waals surface area contributed by atoms with Gasteiger partial charge in [0, 0.05) is 34.2 Å². The molecule has 104 valence electrons. The number of rotatable bonds is 3. The van der Waals surface area contributed by atoms with E-state index in [1.807, 2.05) is 30.5 Å². The van der Waals surface area contributed by atoms with Crippen molar-refractivity contribution in [2.45, 2.75) is 20.3 Å². The molecule has 0 amide bonds. The number of hydrogen-bond donors (Lipinski definition) is 0. The number of nitrogens with zero attached hydrogens (tertiary/aromatic N) is 1. The Morgan fingerprint density at radius 3 is 2.55 bits per heavy atom. The summed E-state index contributed by atoms with van der Waals surface area (Å²) >= 11 is 11.3. The zero-order chi connectivity index (χ0) is 14.9. The van der Waals surface area contributed by atoms with Gasteiger partial charge in [-0.3, -0.25) is 9.59 Å². The van der Waals surface area contributed by atoms with Crippen LogP contribution in [0.15, 0.2) is 35.3 Å². The quantitative estimate of drug-likeness (QED) is 0.815. The van der Waals surface area contributed by atoms with Crippen LogP contribution in [-0.2, 0) is 11.2 Å². The molecule has 0 N–H and O–H groups in total. The lowest BCUT2D eigenvalue weighted by Gasteiger charge is -2.15. The second-order valence-electron chi connectivity index (χ2n) is 4.64. The van der Waals surface area contributed by atoms with Gasteiger partial charge in [-0.05, 0) is 49.2 Å². The van der Waals surface area contributed by atoms with Crippen molar-refractivity contribution in [3.8, 4) is 5.69 Å². The van der Waals surface area contributed by atoms with Gasteiger partial charge in [0.25, 0.3) is 0 Å². The average molecular weight is 310 g/mol. The van der Waals surface area contributed by atoms with E-state index in [1.54, 1.807) is 12.3 Å². The first-order chi connectivity index (χ1) is 9.38. The molecule has 0 saturated heterocycles. The Hall–Kier alpha value is -1.58. The summed E-state index contributed by atoms with van der Waals surface area (Å²) in [6.45, 7) is 3.77. The van der Waals surface area contributed by atoms with Crippen LogP contribution in [-0.4, -0.2) is 9.81 Å². The van der Waals surface area contributed by atoms with Gasteiger partial charge in [0.2, 0.25) is 5.24 Å². The lowest BCUT2D eigenvalue weighted by atomic mass is 10.1. The highest BCUT2D eigenvalue weighted by Crippen LogP contribution is 2.20. The third-order valence-corrected chi connectivity index (χ3v) is 3.44. The summed E-state index contributed by atoms with van der Waals surface area (Å²) in [6, 6.07) is 7.01. The fourth-order valence-electron chi connectivity index (χ4n) is 2.10. The number of pyridine rings is 1. The summed E-state index contributed by atoms with van der Waals surface area (Å²) in [6.07, 6.45) is 1.58. The first-order valence-corrected chi connectivity index (χ1v) is 6.81. The summed E-state index contributed by atoms with van der Waals surface area (Å²) < 4.78 is 1.86. The molecule has 1 aromatic heterocycles. The van der Waals surface area contributed by atoms with E-state index in [-0.39, 0.29) is 11.8 Å². The molecule has 0 aliphatic rings. The Morgan fingerprint density at radius 2 is 1.95 bits per heavy atom. The van der Waals surface area contributed by atoms with Gasteiger partial charge in [0.1, 0.15) is 0 Å². The third kappa shape index (κ3) is 3.11. The summed E-state index contributed by atoms with van der Waals surface area (Å²) in [5.74, 6) is 0. The summed E-state index contributed by atoms with van der Waals surface area (Å²) in [5.41, 5.74) is 2.87. The molecule has 20 heavy (non-hydrogen) atoms. The summed E-state index contributed by atoms with van der Waals surface area (Å²) in [7, 11) is 0. The van der Waals surface area contributed by atoms with Crippen LogP contribution >= 0.6 is 23.2 Å². The molecule has 3 nitrogen and oxygen atoms in total. The van der Waals surface area contributed by atoms with E-state index in [9.17, 15) is 9.59 Å². The molecule has 0 saturated carbocycles. The van der Waals surface area contributed by atoms with Crippen molar-refractivity contribution in [3.05, 3.63) is 62.5 Å². The van der Waals surface area contributed by atoms with Gasteiger partial charge in [0.05, 0.1) is 6.42 Å². The average Bonchev–Trinajstić information content (AvgIpc) is 2.33. The maximum Gasteiger partial charge on any atom is 0.226 e. The Morgan fingerprint density at radius 1 is 1.25 bits per heavy atom. The topological polar surface area (TPSA) is 39.1 Å². The Bertz CT molecular complexity index is 735. The second kappa shape index (κ2) is 5.81. The largest absolute Gasteiger partial charge is 0.320 e. The maximum atomic E-state index is 11.9. The second-order valence-corrected chi connectivity index (χ2v) is 5.50. The smallest absolute Gasteiger partial charge is 0.226 e. The number of aryl methyl sites for hydroxylation is 2. The van der Waals surface area contributed by atoms with Gasteiger partial charge in [-0.25, -0.2) is 0 Å². The standard InChI is InChI=1S/C15H13Cl2NO2/c1-9-5-12(16)3-4-13(9)18-8-11(7-15(17)20)14(19)6-10(18)2/h3-6,8H,7H2,1-2H3. The lowest BCUT2D eigenvalue weighted by Crippen LogP contribution is -2.16. The molecule has 2 aromatic rings. The Balaban J connectivity index is 2.61. The minimum absolute atomic E-state index is 0.0761. The van der Waals surface area contributed by atoms with E-state index < -0.39 is 5.24 Å². The van der Waals surface area contributed by atoms with Crippen LogP contribution in [0.25, 0.3) is 5.69 Å². The van der Waals surface area contributed by atoms with Crippen LogP contribution in [0.5, 0.6) is 0 Å². The minimum Gasteiger partial charge on any atom is -0.320 e. The van der Waals surface area contributed by atoms with Crippen molar-refractivity contribution in [3.63, 3.8) is 0 Å². The van der Waals surface area contributed by atoms with E-state index in [4.69, 9.17) is 23.2 Å². The van der Waals surface area contributed by atoms with Crippen LogP contribution in [0.2, 0.25) is 5.02 Å². The highest BCUT2D eigenvalue weighted by atomic mass is 35.5. The highest BCUT2D eigenvalue weighted by Gasteiger charge is 2.10. The molecular formula is C15H13Cl2NO2. The summed E-state index contributed by atoms with van der Waals surface area (Å²) in [5, 5.41) is 0.103. The monoisotopic (exact) mass is 309 g/mol. The van der Waals surface area contributed by atoms with Crippen molar-refractivity contribution in [2.24, 2.45) is 0 Å². The molecule has 0 spiro atoms. The predicted octanol–water partition coefficient (Wildman–Crippen LogP) is 3.42. The van der Waals surface area contributed by atoms with E-state index in [1.165, 1.54) is 6.07 Å². The minimum atomic E-state index is -0.551. The lowest BCUT2D eigenvalue weighted by molar-refractivity contribution is -0.111. The van der Waals surface area contributed by atoms with E-state index in [0.29, 0.717) is 10.6 Å². The predicted molar refractivity (Wildman–Crippen MR) is 81.1 cm³/mol. The zero-order valence-corrected chi connectivity index (χ0v) is 12.6. The SMILES string of the molecule is Cc1cc(Cl)ccc1-n1cc(CC(=O)Cl)c(=O)cc1C. The molecule has 0 aliphatic heterocycles. The molecule has 0 bridgehead atoms. The van der Waals surface area contributed by atoms with E-state index in [0.717, 1.165) is 16.9 Å². The molecule has 2 rings (SSSR count). The first kappa shape index (κ1) is 14.8. The van der Waals surface area contributed by atoms with E-state index in [2.05, 4.69) is 0 Å². The highest BCUT2D eigenvalue weighted by molar-refractivity contribution is 6.63. The van der Waals surface area contributed by atoms with Crippen LogP contribution in [0.1, 0.15) is 16.8 Å². The van der Waals surface area contributed by atoms with Crippen LogP contribution in [0.4, 0.5) is 0 Å². The normalized spacial score (nSPS) is 10.6.